The van der Waals surface area contributed by atoms with Gasteiger partial charge in [-0.1, -0.05) is 12.1 Å². The number of hydrogen-bond acceptors (Lipinski definition) is 4. The highest BCUT2D eigenvalue weighted by Crippen LogP contribution is 2.19. The van der Waals surface area contributed by atoms with Gasteiger partial charge < -0.3 is 5.11 Å². The molecular formula is C14H12BrNO4S. The van der Waals surface area contributed by atoms with Crippen LogP contribution in [0, 0.1) is 0 Å². The molecule has 1 N–H and O–H groups in total. The minimum absolute atomic E-state index is 0.129. The van der Waals surface area contributed by atoms with Gasteiger partial charge in [-0.05, 0) is 45.3 Å². The van der Waals surface area contributed by atoms with Crippen LogP contribution in [0.5, 0.6) is 0 Å². The zero-order chi connectivity index (χ0) is 15.5. The molecule has 1 heterocycles. The van der Waals surface area contributed by atoms with E-state index in [0.717, 1.165) is 0 Å². The molecule has 2 aromatic rings. The molecule has 0 atom stereocenters. The molecule has 110 valence electrons. The van der Waals surface area contributed by atoms with E-state index in [9.17, 15) is 13.2 Å². The van der Waals surface area contributed by atoms with Gasteiger partial charge in [0.05, 0.1) is 17.1 Å². The first-order valence-electron chi connectivity index (χ1n) is 6.00. The summed E-state index contributed by atoms with van der Waals surface area (Å²) in [6.45, 7) is 0. The molecule has 0 bridgehead atoms. The summed E-state index contributed by atoms with van der Waals surface area (Å²) in [4.78, 5) is 14.7. The van der Waals surface area contributed by atoms with Crippen molar-refractivity contribution < 1.29 is 18.3 Å². The molecule has 21 heavy (non-hydrogen) atoms. The van der Waals surface area contributed by atoms with Crippen LogP contribution >= 0.6 is 15.9 Å². The van der Waals surface area contributed by atoms with Crippen molar-refractivity contribution >= 4 is 31.7 Å². The molecular weight excluding hydrogens is 358 g/mol. The lowest BCUT2D eigenvalue weighted by Crippen LogP contribution is -2.06. The second-order valence-corrected chi connectivity index (χ2v) is 7.39. The molecule has 0 spiro atoms. The van der Waals surface area contributed by atoms with Crippen LogP contribution in [0.4, 0.5) is 0 Å². The summed E-state index contributed by atoms with van der Waals surface area (Å²) in [5.74, 6) is -1.11. The van der Waals surface area contributed by atoms with Gasteiger partial charge in [0, 0.05) is 16.9 Å². The van der Waals surface area contributed by atoms with Crippen LogP contribution in [0.15, 0.2) is 52.1 Å². The number of carboxylic acids is 1. The lowest BCUT2D eigenvalue weighted by atomic mass is 10.2. The second-order valence-electron chi connectivity index (χ2n) is 4.48. The third-order valence-electron chi connectivity index (χ3n) is 2.76. The number of carboxylic acid groups (broad SMARTS) is 1. The number of carbonyl (C=O) groups is 1. The molecule has 1 aromatic heterocycles. The Morgan fingerprint density at radius 3 is 2.38 bits per heavy atom. The first-order chi connectivity index (χ1) is 9.87. The normalized spacial score (nSPS) is 11.3. The van der Waals surface area contributed by atoms with Crippen molar-refractivity contribution in [3.63, 3.8) is 0 Å². The fraction of sp³-hybridized carbons (Fsp3) is 0.143. The summed E-state index contributed by atoms with van der Waals surface area (Å²) in [7, 11) is -3.48. The Morgan fingerprint density at radius 1 is 1.14 bits per heavy atom. The first kappa shape index (κ1) is 15.7. The quantitative estimate of drug-likeness (QED) is 0.874. The average molecular weight is 370 g/mol. The SMILES string of the molecule is O=C(O)Cc1ccc(S(=O)(=O)Cc2cncc(Br)c2)cc1. The van der Waals surface area contributed by atoms with E-state index >= 15 is 0 Å². The maximum absolute atomic E-state index is 12.3. The lowest BCUT2D eigenvalue weighted by molar-refractivity contribution is -0.136. The summed E-state index contributed by atoms with van der Waals surface area (Å²) in [5, 5.41) is 8.69. The third-order valence-corrected chi connectivity index (χ3v) is 4.89. The monoisotopic (exact) mass is 369 g/mol. The Morgan fingerprint density at radius 2 is 1.81 bits per heavy atom. The van der Waals surface area contributed by atoms with E-state index in [4.69, 9.17) is 5.11 Å². The van der Waals surface area contributed by atoms with E-state index in [2.05, 4.69) is 20.9 Å². The maximum atomic E-state index is 12.3. The van der Waals surface area contributed by atoms with Gasteiger partial charge >= 0.3 is 5.97 Å². The fourth-order valence-corrected chi connectivity index (χ4v) is 3.55. The smallest absolute Gasteiger partial charge is 0.307 e. The maximum Gasteiger partial charge on any atom is 0.307 e. The third kappa shape index (κ3) is 4.37. The number of benzene rings is 1. The number of sulfone groups is 1. The molecule has 5 nitrogen and oxygen atoms in total. The largest absolute Gasteiger partial charge is 0.481 e. The Balaban J connectivity index is 2.21. The van der Waals surface area contributed by atoms with Gasteiger partial charge in [0.2, 0.25) is 0 Å². The summed E-state index contributed by atoms with van der Waals surface area (Å²) in [5.41, 5.74) is 1.14. The summed E-state index contributed by atoms with van der Waals surface area (Å²) in [6.07, 6.45) is 2.95. The molecule has 7 heteroatoms. The van der Waals surface area contributed by atoms with Crippen LogP contribution in [-0.4, -0.2) is 24.5 Å². The molecule has 0 aliphatic heterocycles. The second kappa shape index (κ2) is 6.36. The van der Waals surface area contributed by atoms with Crippen molar-refractivity contribution in [2.75, 3.05) is 0 Å². The summed E-state index contributed by atoms with van der Waals surface area (Å²) in [6, 6.07) is 7.59. The van der Waals surface area contributed by atoms with Gasteiger partial charge in [-0.15, -0.1) is 0 Å². The minimum Gasteiger partial charge on any atom is -0.481 e. The van der Waals surface area contributed by atoms with E-state index in [1.54, 1.807) is 12.3 Å². The van der Waals surface area contributed by atoms with Crippen molar-refractivity contribution in [3.8, 4) is 0 Å². The highest BCUT2D eigenvalue weighted by atomic mass is 79.9. The zero-order valence-electron chi connectivity index (χ0n) is 10.9. The highest BCUT2D eigenvalue weighted by Gasteiger charge is 2.16. The van der Waals surface area contributed by atoms with E-state index < -0.39 is 15.8 Å². The van der Waals surface area contributed by atoms with Gasteiger partial charge in [-0.25, -0.2) is 8.42 Å². The minimum atomic E-state index is -3.48. The molecule has 0 aliphatic carbocycles. The molecule has 0 aliphatic rings. The van der Waals surface area contributed by atoms with Crippen LogP contribution < -0.4 is 0 Å². The van der Waals surface area contributed by atoms with Crippen LogP contribution in [-0.2, 0) is 26.8 Å². The molecule has 0 unspecified atom stereocenters. The van der Waals surface area contributed by atoms with Crippen LogP contribution in [0.2, 0.25) is 0 Å². The molecule has 0 fully saturated rings. The average Bonchev–Trinajstić information content (AvgIpc) is 2.38. The van der Waals surface area contributed by atoms with Gasteiger partial charge in [0.1, 0.15) is 0 Å². The highest BCUT2D eigenvalue weighted by molar-refractivity contribution is 9.10. The van der Waals surface area contributed by atoms with Gasteiger partial charge in [-0.2, -0.15) is 0 Å². The Labute approximate surface area is 130 Å². The van der Waals surface area contributed by atoms with Crippen molar-refractivity contribution in [2.24, 2.45) is 0 Å². The number of hydrogen-bond donors (Lipinski definition) is 1. The summed E-state index contributed by atoms with van der Waals surface area (Å²) >= 11 is 3.25. The van der Waals surface area contributed by atoms with E-state index in [1.807, 2.05) is 0 Å². The van der Waals surface area contributed by atoms with Crippen molar-refractivity contribution in [2.45, 2.75) is 17.1 Å². The predicted octanol–water partition coefficient (Wildman–Crippen LogP) is 2.45. The first-order valence-corrected chi connectivity index (χ1v) is 8.44. The van der Waals surface area contributed by atoms with Gasteiger partial charge in [0.15, 0.2) is 9.84 Å². The van der Waals surface area contributed by atoms with Gasteiger partial charge in [0.25, 0.3) is 0 Å². The number of nitrogens with zero attached hydrogens (tertiary/aromatic N) is 1. The van der Waals surface area contributed by atoms with E-state index in [-0.39, 0.29) is 17.1 Å². The molecule has 0 saturated heterocycles. The van der Waals surface area contributed by atoms with Crippen LogP contribution in [0.25, 0.3) is 0 Å². The molecule has 2 rings (SSSR count). The topological polar surface area (TPSA) is 84.3 Å². The Hall–Kier alpha value is -1.73. The molecule has 0 saturated carbocycles. The van der Waals surface area contributed by atoms with Crippen molar-refractivity contribution in [3.05, 3.63) is 58.3 Å². The lowest BCUT2D eigenvalue weighted by Gasteiger charge is -2.06. The Kier molecular flexibility index (Phi) is 4.74. The van der Waals surface area contributed by atoms with E-state index in [0.29, 0.717) is 15.6 Å². The number of rotatable bonds is 5. The molecule has 0 amide bonds. The Bertz CT molecular complexity index is 757. The number of aromatic nitrogens is 1. The molecule has 1 aromatic carbocycles. The molecule has 0 radical (unpaired) electrons. The summed E-state index contributed by atoms with van der Waals surface area (Å²) < 4.78 is 25.3. The van der Waals surface area contributed by atoms with Gasteiger partial charge in [-0.3, -0.25) is 9.78 Å². The standard InChI is InChI=1S/C14H12BrNO4S/c15-12-5-11(7-16-8-12)9-21(19,20)13-3-1-10(2-4-13)6-14(17)18/h1-5,7-8H,6,9H2,(H,17,18). The predicted molar refractivity (Wildman–Crippen MR) is 80.6 cm³/mol. The van der Waals surface area contributed by atoms with Crippen LogP contribution in [0.3, 0.4) is 0 Å². The van der Waals surface area contributed by atoms with Crippen molar-refractivity contribution in [1.29, 1.82) is 0 Å². The number of pyridine rings is 1. The number of halogens is 1. The number of aliphatic carboxylic acids is 1. The van der Waals surface area contributed by atoms with Crippen LogP contribution in [0.1, 0.15) is 11.1 Å². The fourth-order valence-electron chi connectivity index (χ4n) is 1.83. The zero-order valence-corrected chi connectivity index (χ0v) is 13.3. The van der Waals surface area contributed by atoms with Crippen molar-refractivity contribution in [1.82, 2.24) is 4.98 Å². The van der Waals surface area contributed by atoms with E-state index in [1.165, 1.54) is 30.5 Å².